The fourth-order valence-electron chi connectivity index (χ4n) is 2.99. The number of hydrogen-bond donors (Lipinski definition) is 1. The molecule has 1 N–H and O–H groups in total. The average Bonchev–Trinajstić information content (AvgIpc) is 2.81. The van der Waals surface area contributed by atoms with Gasteiger partial charge in [-0.1, -0.05) is 12.8 Å². The van der Waals surface area contributed by atoms with Gasteiger partial charge in [-0.2, -0.15) is 11.8 Å². The van der Waals surface area contributed by atoms with Crippen molar-refractivity contribution >= 4 is 11.8 Å². The summed E-state index contributed by atoms with van der Waals surface area (Å²) in [7, 11) is 0. The zero-order valence-corrected chi connectivity index (χ0v) is 9.50. The summed E-state index contributed by atoms with van der Waals surface area (Å²) in [6.07, 6.45) is 6.78. The Morgan fingerprint density at radius 2 is 2.00 bits per heavy atom. The Morgan fingerprint density at radius 1 is 1.14 bits per heavy atom. The van der Waals surface area contributed by atoms with Gasteiger partial charge >= 0.3 is 0 Å². The van der Waals surface area contributed by atoms with Crippen molar-refractivity contribution in [1.29, 1.82) is 0 Å². The third-order valence-electron chi connectivity index (χ3n) is 4.09. The first-order valence-corrected chi connectivity index (χ1v) is 6.95. The molecule has 0 amide bonds. The molecular weight excluding hydrogens is 194 g/mol. The lowest BCUT2D eigenvalue weighted by Gasteiger charge is -2.43. The maximum Gasteiger partial charge on any atom is 0.129 e. The molecule has 3 heteroatoms. The van der Waals surface area contributed by atoms with Crippen LogP contribution in [-0.4, -0.2) is 30.4 Å². The SMILES string of the molecule is C1CCC2(C1)CNC1(CCSC1)OC2. The molecule has 2 nitrogen and oxygen atoms in total. The van der Waals surface area contributed by atoms with Gasteiger partial charge in [0.05, 0.1) is 6.61 Å². The van der Waals surface area contributed by atoms with Gasteiger partial charge in [0.15, 0.2) is 0 Å². The zero-order chi connectivity index (χ0) is 9.49. The highest BCUT2D eigenvalue weighted by atomic mass is 32.2. The summed E-state index contributed by atoms with van der Waals surface area (Å²) >= 11 is 2.02. The van der Waals surface area contributed by atoms with E-state index in [1.807, 2.05) is 11.8 Å². The van der Waals surface area contributed by atoms with Crippen molar-refractivity contribution in [2.24, 2.45) is 5.41 Å². The number of thioether (sulfide) groups is 1. The van der Waals surface area contributed by atoms with Gasteiger partial charge in [-0.05, 0) is 25.0 Å². The van der Waals surface area contributed by atoms with E-state index in [1.165, 1.54) is 44.4 Å². The molecule has 2 heterocycles. The molecule has 3 fully saturated rings. The minimum atomic E-state index is 0.0680. The van der Waals surface area contributed by atoms with Crippen LogP contribution in [0.3, 0.4) is 0 Å². The van der Waals surface area contributed by atoms with E-state index in [4.69, 9.17) is 4.74 Å². The summed E-state index contributed by atoms with van der Waals surface area (Å²) in [5.41, 5.74) is 0.580. The van der Waals surface area contributed by atoms with Crippen LogP contribution >= 0.6 is 11.8 Å². The van der Waals surface area contributed by atoms with Crippen LogP contribution in [0, 0.1) is 5.41 Å². The lowest BCUT2D eigenvalue weighted by molar-refractivity contribution is -0.128. The van der Waals surface area contributed by atoms with Gasteiger partial charge in [0.25, 0.3) is 0 Å². The molecule has 0 radical (unpaired) electrons. The van der Waals surface area contributed by atoms with E-state index in [0.29, 0.717) is 5.41 Å². The van der Waals surface area contributed by atoms with Gasteiger partial charge in [0.1, 0.15) is 5.72 Å². The molecule has 3 rings (SSSR count). The van der Waals surface area contributed by atoms with Crippen molar-refractivity contribution in [3.05, 3.63) is 0 Å². The van der Waals surface area contributed by atoms with Crippen LogP contribution in [0.4, 0.5) is 0 Å². The smallest absolute Gasteiger partial charge is 0.129 e. The Morgan fingerprint density at radius 3 is 2.57 bits per heavy atom. The molecule has 2 spiro atoms. The Bertz CT molecular complexity index is 183. The standard InChI is InChI=1S/C11H19NOS/c1-2-4-10(3-1)7-12-11(13-8-10)5-6-14-9-11/h12H,1-9H2. The summed E-state index contributed by atoms with van der Waals surface area (Å²) in [5.74, 6) is 2.42. The van der Waals surface area contributed by atoms with Gasteiger partial charge in [-0.15, -0.1) is 0 Å². The number of ether oxygens (including phenoxy) is 1. The van der Waals surface area contributed by atoms with Gasteiger partial charge in [0.2, 0.25) is 0 Å². The first-order chi connectivity index (χ1) is 6.83. The Balaban J connectivity index is 1.66. The Hall–Kier alpha value is 0.270. The van der Waals surface area contributed by atoms with Gasteiger partial charge in [0, 0.05) is 17.7 Å². The maximum absolute atomic E-state index is 6.13. The van der Waals surface area contributed by atoms with Crippen molar-refractivity contribution < 1.29 is 4.74 Å². The first-order valence-electron chi connectivity index (χ1n) is 5.80. The maximum atomic E-state index is 6.13. The third kappa shape index (κ3) is 1.50. The van der Waals surface area contributed by atoms with Crippen LogP contribution in [0.25, 0.3) is 0 Å². The number of rotatable bonds is 0. The molecule has 1 unspecified atom stereocenters. The molecule has 80 valence electrons. The van der Waals surface area contributed by atoms with E-state index in [2.05, 4.69) is 5.32 Å². The molecule has 1 saturated carbocycles. The van der Waals surface area contributed by atoms with Crippen LogP contribution in [0.2, 0.25) is 0 Å². The van der Waals surface area contributed by atoms with Crippen LogP contribution in [0.1, 0.15) is 32.1 Å². The van der Waals surface area contributed by atoms with E-state index in [-0.39, 0.29) is 5.72 Å². The normalized spacial score (nSPS) is 41.1. The largest absolute Gasteiger partial charge is 0.359 e. The minimum absolute atomic E-state index is 0.0680. The molecular formula is C11H19NOS. The highest BCUT2D eigenvalue weighted by Gasteiger charge is 2.45. The summed E-state index contributed by atoms with van der Waals surface area (Å²) in [5, 5.41) is 3.68. The van der Waals surface area contributed by atoms with Gasteiger partial charge in [-0.3, -0.25) is 5.32 Å². The monoisotopic (exact) mass is 213 g/mol. The molecule has 14 heavy (non-hydrogen) atoms. The molecule has 2 aliphatic heterocycles. The average molecular weight is 213 g/mol. The van der Waals surface area contributed by atoms with E-state index in [9.17, 15) is 0 Å². The summed E-state index contributed by atoms with van der Waals surface area (Å²) in [6, 6.07) is 0. The van der Waals surface area contributed by atoms with Crippen LogP contribution < -0.4 is 5.32 Å². The topological polar surface area (TPSA) is 21.3 Å². The molecule has 1 atom stereocenters. The second kappa shape index (κ2) is 3.39. The minimum Gasteiger partial charge on any atom is -0.359 e. The van der Waals surface area contributed by atoms with Crippen molar-refractivity contribution in [3.63, 3.8) is 0 Å². The lowest BCUT2D eigenvalue weighted by atomic mass is 9.85. The van der Waals surface area contributed by atoms with E-state index >= 15 is 0 Å². The first kappa shape index (κ1) is 9.49. The van der Waals surface area contributed by atoms with Gasteiger partial charge < -0.3 is 4.74 Å². The van der Waals surface area contributed by atoms with Crippen molar-refractivity contribution in [1.82, 2.24) is 5.32 Å². The van der Waals surface area contributed by atoms with Crippen LogP contribution in [0.15, 0.2) is 0 Å². The lowest BCUT2D eigenvalue weighted by Crippen LogP contribution is -2.58. The molecule has 2 saturated heterocycles. The quantitative estimate of drug-likeness (QED) is 0.665. The number of hydrogen-bond acceptors (Lipinski definition) is 3. The summed E-state index contributed by atoms with van der Waals surface area (Å²) < 4.78 is 6.13. The Labute approximate surface area is 90.2 Å². The number of nitrogens with one attached hydrogen (secondary N) is 1. The molecule has 1 aliphatic carbocycles. The van der Waals surface area contributed by atoms with E-state index in [1.54, 1.807) is 0 Å². The predicted octanol–water partition coefficient (Wildman–Crippen LogP) is 2.00. The summed E-state index contributed by atoms with van der Waals surface area (Å²) in [4.78, 5) is 0. The predicted molar refractivity (Wildman–Crippen MR) is 59.5 cm³/mol. The highest BCUT2D eigenvalue weighted by molar-refractivity contribution is 7.99. The highest BCUT2D eigenvalue weighted by Crippen LogP contribution is 2.43. The molecule has 3 aliphatic rings. The fourth-order valence-corrected chi connectivity index (χ4v) is 4.27. The second-order valence-corrected chi connectivity index (χ2v) is 6.25. The molecule has 0 aromatic rings. The van der Waals surface area contributed by atoms with Crippen molar-refractivity contribution in [2.45, 2.75) is 37.8 Å². The fraction of sp³-hybridized carbons (Fsp3) is 1.00. The molecule has 0 bridgehead atoms. The van der Waals surface area contributed by atoms with E-state index in [0.717, 1.165) is 12.4 Å². The third-order valence-corrected chi connectivity index (χ3v) is 5.25. The van der Waals surface area contributed by atoms with Crippen LogP contribution in [0.5, 0.6) is 0 Å². The van der Waals surface area contributed by atoms with E-state index < -0.39 is 0 Å². The summed E-state index contributed by atoms with van der Waals surface area (Å²) in [6.45, 7) is 2.22. The second-order valence-electron chi connectivity index (χ2n) is 5.15. The van der Waals surface area contributed by atoms with Crippen molar-refractivity contribution in [3.8, 4) is 0 Å². The molecule has 0 aromatic heterocycles. The molecule has 0 aromatic carbocycles. The van der Waals surface area contributed by atoms with Crippen LogP contribution in [-0.2, 0) is 4.74 Å². The van der Waals surface area contributed by atoms with Crippen molar-refractivity contribution in [2.75, 3.05) is 24.7 Å². The Kier molecular flexibility index (Phi) is 2.30. The van der Waals surface area contributed by atoms with Gasteiger partial charge in [-0.25, -0.2) is 0 Å². The zero-order valence-electron chi connectivity index (χ0n) is 8.68.